The number of carbonyl (C=O) groups is 1. The second-order valence-corrected chi connectivity index (χ2v) is 8.90. The molecule has 0 fully saturated rings. The molecule has 6 heteroatoms. The quantitative estimate of drug-likeness (QED) is 0.465. The van der Waals surface area contributed by atoms with E-state index in [4.69, 9.17) is 9.72 Å². The Labute approximate surface area is 174 Å². The van der Waals surface area contributed by atoms with E-state index in [1.807, 2.05) is 39.9 Å². The third-order valence-electron chi connectivity index (χ3n) is 4.60. The lowest BCUT2D eigenvalue weighted by molar-refractivity contribution is 0.0674. The van der Waals surface area contributed by atoms with Crippen LogP contribution in [0.15, 0.2) is 41.1 Å². The molecular formula is C22H26N2O2S2. The molecule has 1 amide bonds. The summed E-state index contributed by atoms with van der Waals surface area (Å²) in [5.41, 5.74) is 3.28. The molecule has 1 aromatic carbocycles. The third-order valence-corrected chi connectivity index (χ3v) is 6.33. The van der Waals surface area contributed by atoms with Crippen molar-refractivity contribution in [1.82, 2.24) is 9.88 Å². The first-order chi connectivity index (χ1) is 13.5. The molecule has 2 heterocycles. The zero-order valence-electron chi connectivity index (χ0n) is 16.8. The van der Waals surface area contributed by atoms with Gasteiger partial charge in [-0.15, -0.1) is 22.7 Å². The van der Waals surface area contributed by atoms with Crippen LogP contribution in [0, 0.1) is 13.8 Å². The van der Waals surface area contributed by atoms with Crippen LogP contribution >= 0.6 is 22.7 Å². The zero-order valence-corrected chi connectivity index (χ0v) is 18.4. The Balaban J connectivity index is 1.66. The third kappa shape index (κ3) is 5.20. The summed E-state index contributed by atoms with van der Waals surface area (Å²) >= 11 is 3.06. The number of rotatable bonds is 8. The molecular weight excluding hydrogens is 388 g/mol. The summed E-state index contributed by atoms with van der Waals surface area (Å²) in [4.78, 5) is 20.3. The number of aryl methyl sites for hydroxylation is 2. The van der Waals surface area contributed by atoms with E-state index in [-0.39, 0.29) is 11.9 Å². The van der Waals surface area contributed by atoms with Crippen LogP contribution < -0.4 is 4.74 Å². The van der Waals surface area contributed by atoms with E-state index in [2.05, 4.69) is 33.8 Å². The number of benzene rings is 1. The molecule has 3 rings (SSSR count). The SMILES string of the molecule is CCC(C)N(Cc1csc(COc2cc(C)cc(C)c2)n1)C(=O)c1cccs1. The molecule has 0 aliphatic rings. The lowest BCUT2D eigenvalue weighted by Gasteiger charge is -2.27. The molecule has 0 N–H and O–H groups in total. The van der Waals surface area contributed by atoms with E-state index in [1.165, 1.54) is 22.5 Å². The molecule has 4 nitrogen and oxygen atoms in total. The monoisotopic (exact) mass is 414 g/mol. The smallest absolute Gasteiger partial charge is 0.264 e. The van der Waals surface area contributed by atoms with Gasteiger partial charge in [-0.05, 0) is 61.9 Å². The van der Waals surface area contributed by atoms with Crippen molar-refractivity contribution in [3.63, 3.8) is 0 Å². The molecule has 0 saturated carbocycles. The molecule has 0 saturated heterocycles. The van der Waals surface area contributed by atoms with Crippen molar-refractivity contribution in [2.24, 2.45) is 0 Å². The highest BCUT2D eigenvalue weighted by Crippen LogP contribution is 2.21. The Bertz CT molecular complexity index is 898. The minimum Gasteiger partial charge on any atom is -0.486 e. The fourth-order valence-corrected chi connectivity index (χ4v) is 4.39. The van der Waals surface area contributed by atoms with Crippen molar-refractivity contribution in [2.75, 3.05) is 0 Å². The van der Waals surface area contributed by atoms with E-state index >= 15 is 0 Å². The summed E-state index contributed by atoms with van der Waals surface area (Å²) in [6.45, 7) is 9.28. The second kappa shape index (κ2) is 9.34. The minimum absolute atomic E-state index is 0.0744. The average Bonchev–Trinajstić information content (AvgIpc) is 3.34. The van der Waals surface area contributed by atoms with Gasteiger partial charge in [-0.25, -0.2) is 4.98 Å². The summed E-state index contributed by atoms with van der Waals surface area (Å²) < 4.78 is 5.92. The summed E-state index contributed by atoms with van der Waals surface area (Å²) in [5.74, 6) is 0.939. The van der Waals surface area contributed by atoms with Crippen molar-refractivity contribution in [3.05, 3.63) is 67.8 Å². The first-order valence-electron chi connectivity index (χ1n) is 9.45. The number of amides is 1. The van der Waals surface area contributed by atoms with Gasteiger partial charge in [-0.1, -0.05) is 19.1 Å². The molecule has 0 aliphatic heterocycles. The van der Waals surface area contributed by atoms with Gasteiger partial charge in [0.05, 0.1) is 17.1 Å². The molecule has 0 spiro atoms. The van der Waals surface area contributed by atoms with E-state index in [9.17, 15) is 4.79 Å². The zero-order chi connectivity index (χ0) is 20.1. The number of aromatic nitrogens is 1. The van der Waals surface area contributed by atoms with Crippen LogP contribution in [0.5, 0.6) is 5.75 Å². The fraction of sp³-hybridized carbons (Fsp3) is 0.364. The first-order valence-corrected chi connectivity index (χ1v) is 11.2. The van der Waals surface area contributed by atoms with Gasteiger partial charge in [0, 0.05) is 11.4 Å². The topological polar surface area (TPSA) is 42.4 Å². The molecule has 0 aliphatic carbocycles. The minimum atomic E-state index is 0.0744. The maximum atomic E-state index is 12.9. The van der Waals surface area contributed by atoms with E-state index in [0.717, 1.165) is 27.7 Å². The van der Waals surface area contributed by atoms with Crippen LogP contribution in [-0.4, -0.2) is 21.8 Å². The number of thiazole rings is 1. The molecule has 0 radical (unpaired) electrons. The Hall–Kier alpha value is -2.18. The predicted molar refractivity (Wildman–Crippen MR) is 116 cm³/mol. The summed E-state index contributed by atoms with van der Waals surface area (Å²) in [5, 5.41) is 4.88. The van der Waals surface area contributed by atoms with Crippen LogP contribution in [0.2, 0.25) is 0 Å². The van der Waals surface area contributed by atoms with E-state index in [0.29, 0.717) is 13.2 Å². The van der Waals surface area contributed by atoms with Crippen molar-refractivity contribution in [1.29, 1.82) is 0 Å². The van der Waals surface area contributed by atoms with Crippen LogP contribution in [0.3, 0.4) is 0 Å². The molecule has 28 heavy (non-hydrogen) atoms. The van der Waals surface area contributed by atoms with Crippen molar-refractivity contribution in [2.45, 2.75) is 53.3 Å². The number of nitrogens with zero attached hydrogens (tertiary/aromatic N) is 2. The van der Waals surface area contributed by atoms with Crippen molar-refractivity contribution >= 4 is 28.6 Å². The average molecular weight is 415 g/mol. The standard InChI is InChI=1S/C22H26N2O2S2/c1-5-17(4)24(22(25)20-7-6-8-27-20)12-18-14-28-21(23-18)13-26-19-10-15(2)9-16(3)11-19/h6-11,14,17H,5,12-13H2,1-4H3. The summed E-state index contributed by atoms with van der Waals surface area (Å²) in [6.07, 6.45) is 0.907. The van der Waals surface area contributed by atoms with E-state index in [1.54, 1.807) is 11.3 Å². The number of carbonyl (C=O) groups excluding carboxylic acids is 1. The molecule has 1 atom stereocenters. The van der Waals surface area contributed by atoms with Gasteiger partial charge >= 0.3 is 0 Å². The first kappa shape index (κ1) is 20.6. The predicted octanol–water partition coefficient (Wildman–Crippen LogP) is 5.84. The van der Waals surface area contributed by atoms with Crippen LogP contribution in [0.25, 0.3) is 0 Å². The summed E-state index contributed by atoms with van der Waals surface area (Å²) in [7, 11) is 0. The lowest BCUT2D eigenvalue weighted by Crippen LogP contribution is -2.37. The Morgan fingerprint density at radius 2 is 1.96 bits per heavy atom. The number of thiophene rings is 1. The van der Waals surface area contributed by atoms with Gasteiger partial charge in [-0.2, -0.15) is 0 Å². The number of ether oxygens (including phenoxy) is 1. The van der Waals surface area contributed by atoms with Gasteiger partial charge in [0.25, 0.3) is 5.91 Å². The van der Waals surface area contributed by atoms with Gasteiger partial charge in [0.15, 0.2) is 0 Å². The molecule has 1 unspecified atom stereocenters. The highest BCUT2D eigenvalue weighted by atomic mass is 32.1. The Morgan fingerprint density at radius 1 is 1.21 bits per heavy atom. The maximum absolute atomic E-state index is 12.9. The normalized spacial score (nSPS) is 12.0. The number of hydrogen-bond acceptors (Lipinski definition) is 5. The Kier molecular flexibility index (Phi) is 6.86. The highest BCUT2D eigenvalue weighted by molar-refractivity contribution is 7.12. The largest absolute Gasteiger partial charge is 0.486 e. The fourth-order valence-electron chi connectivity index (χ4n) is 3.01. The van der Waals surface area contributed by atoms with Gasteiger partial charge in [-0.3, -0.25) is 4.79 Å². The van der Waals surface area contributed by atoms with Gasteiger partial charge in [0.2, 0.25) is 0 Å². The molecule has 0 bridgehead atoms. The lowest BCUT2D eigenvalue weighted by atomic mass is 10.1. The van der Waals surface area contributed by atoms with Crippen LogP contribution in [-0.2, 0) is 13.2 Å². The van der Waals surface area contributed by atoms with Crippen molar-refractivity contribution in [3.8, 4) is 5.75 Å². The Morgan fingerprint density at radius 3 is 2.61 bits per heavy atom. The highest BCUT2D eigenvalue weighted by Gasteiger charge is 2.22. The summed E-state index contributed by atoms with van der Waals surface area (Å²) in [6, 6.07) is 10.1. The van der Waals surface area contributed by atoms with Crippen molar-refractivity contribution < 1.29 is 9.53 Å². The number of hydrogen-bond donors (Lipinski definition) is 0. The second-order valence-electron chi connectivity index (χ2n) is 7.01. The maximum Gasteiger partial charge on any atom is 0.264 e. The molecule has 2 aromatic heterocycles. The molecule has 3 aromatic rings. The van der Waals surface area contributed by atoms with Crippen LogP contribution in [0.4, 0.5) is 0 Å². The van der Waals surface area contributed by atoms with Crippen LogP contribution in [0.1, 0.15) is 51.8 Å². The van der Waals surface area contributed by atoms with Gasteiger partial charge in [0.1, 0.15) is 17.4 Å². The molecule has 148 valence electrons. The van der Waals surface area contributed by atoms with Gasteiger partial charge < -0.3 is 9.64 Å². The van der Waals surface area contributed by atoms with E-state index < -0.39 is 0 Å².